The van der Waals surface area contributed by atoms with E-state index >= 15 is 0 Å². The van der Waals surface area contributed by atoms with E-state index in [1.807, 2.05) is 0 Å². The third kappa shape index (κ3) is 3.75. The molecular weight excluding hydrogens is 380 g/mol. The van der Waals surface area contributed by atoms with Crippen molar-refractivity contribution in [2.75, 3.05) is 33.9 Å². The van der Waals surface area contributed by atoms with E-state index in [9.17, 15) is 13.2 Å². The molecule has 0 aromatic heterocycles. The lowest BCUT2D eigenvalue weighted by molar-refractivity contribution is -0.100. The van der Waals surface area contributed by atoms with Gasteiger partial charge in [-0.15, -0.1) is 0 Å². The molecule has 0 saturated carbocycles. The monoisotopic (exact) mass is 402 g/mol. The molecule has 0 bridgehead atoms. The highest BCUT2D eigenvalue weighted by molar-refractivity contribution is 7.89. The third-order valence-electron chi connectivity index (χ3n) is 4.71. The second kappa shape index (κ2) is 7.82. The summed E-state index contributed by atoms with van der Waals surface area (Å²) in [6, 6.07) is 4.19. The van der Waals surface area contributed by atoms with E-state index in [0.29, 0.717) is 25.3 Å². The quantitative estimate of drug-likeness (QED) is 0.769. The van der Waals surface area contributed by atoms with Crippen LogP contribution in [-0.4, -0.2) is 69.7 Å². The number of hydrogen-bond acceptors (Lipinski definition) is 5. The Bertz CT molecular complexity index is 777. The number of hydrogen-bond donors (Lipinski definition) is 0. The fraction of sp³-hybridized carbons (Fsp3) is 0.588. The van der Waals surface area contributed by atoms with Crippen LogP contribution in [-0.2, 0) is 19.5 Å². The van der Waals surface area contributed by atoms with E-state index in [1.54, 1.807) is 11.0 Å². The number of likely N-dealkylation sites (tertiary alicyclic amines) is 1. The molecule has 26 heavy (non-hydrogen) atoms. The topological polar surface area (TPSA) is 76.2 Å². The van der Waals surface area contributed by atoms with Crippen molar-refractivity contribution in [3.8, 4) is 0 Å². The van der Waals surface area contributed by atoms with Gasteiger partial charge in [-0.1, -0.05) is 11.6 Å². The summed E-state index contributed by atoms with van der Waals surface area (Å²) in [5.41, 5.74) is 0.291. The molecule has 3 rings (SSSR count). The number of carbonyl (C=O) groups is 1. The van der Waals surface area contributed by atoms with Gasteiger partial charge < -0.3 is 14.4 Å². The molecule has 0 N–H and O–H groups in total. The fourth-order valence-electron chi connectivity index (χ4n) is 3.29. The molecule has 1 atom stereocenters. The smallest absolute Gasteiger partial charge is 0.254 e. The Labute approximate surface area is 158 Å². The number of ether oxygens (including phenoxy) is 2. The number of sulfonamides is 1. The van der Waals surface area contributed by atoms with Gasteiger partial charge >= 0.3 is 0 Å². The zero-order valence-electron chi connectivity index (χ0n) is 14.9. The highest BCUT2D eigenvalue weighted by Gasteiger charge is 2.37. The van der Waals surface area contributed by atoms with E-state index in [1.165, 1.54) is 26.2 Å². The lowest BCUT2D eigenvalue weighted by Gasteiger charge is -2.38. The van der Waals surface area contributed by atoms with Gasteiger partial charge in [0.05, 0.1) is 24.3 Å². The first-order chi connectivity index (χ1) is 12.3. The second-order valence-electron chi connectivity index (χ2n) is 6.60. The Hall–Kier alpha value is -1.19. The van der Waals surface area contributed by atoms with Crippen molar-refractivity contribution < 1.29 is 22.7 Å². The third-order valence-corrected chi connectivity index (χ3v) is 7.01. The van der Waals surface area contributed by atoms with Crippen LogP contribution >= 0.6 is 11.6 Å². The van der Waals surface area contributed by atoms with Gasteiger partial charge in [0.1, 0.15) is 4.90 Å². The average molecular weight is 403 g/mol. The second-order valence-corrected chi connectivity index (χ2v) is 9.13. The van der Waals surface area contributed by atoms with Crippen molar-refractivity contribution in [3.05, 3.63) is 28.8 Å². The van der Waals surface area contributed by atoms with Crippen molar-refractivity contribution in [1.29, 1.82) is 0 Å². The van der Waals surface area contributed by atoms with Gasteiger partial charge in [-0.3, -0.25) is 4.79 Å². The highest BCUT2D eigenvalue weighted by atomic mass is 35.5. The van der Waals surface area contributed by atoms with E-state index in [-0.39, 0.29) is 21.9 Å². The van der Waals surface area contributed by atoms with Crippen LogP contribution in [0.4, 0.5) is 0 Å². The van der Waals surface area contributed by atoms with Crippen molar-refractivity contribution in [2.24, 2.45) is 0 Å². The van der Waals surface area contributed by atoms with Crippen molar-refractivity contribution in [2.45, 2.75) is 36.5 Å². The summed E-state index contributed by atoms with van der Waals surface area (Å²) in [6.45, 7) is 1.63. The average Bonchev–Trinajstić information content (AvgIpc) is 3.15. The zero-order chi connectivity index (χ0) is 18.9. The van der Waals surface area contributed by atoms with Crippen LogP contribution in [0.2, 0.25) is 5.02 Å². The van der Waals surface area contributed by atoms with Gasteiger partial charge in [0.2, 0.25) is 10.0 Å². The summed E-state index contributed by atoms with van der Waals surface area (Å²) in [4.78, 5) is 14.7. The first-order valence-corrected chi connectivity index (χ1v) is 10.4. The number of amides is 1. The Balaban J connectivity index is 1.91. The van der Waals surface area contributed by atoms with E-state index in [4.69, 9.17) is 21.1 Å². The molecule has 2 fully saturated rings. The first-order valence-electron chi connectivity index (χ1n) is 8.58. The largest absolute Gasteiger partial charge is 0.348 e. The van der Waals surface area contributed by atoms with Gasteiger partial charge in [-0.25, -0.2) is 12.7 Å². The molecule has 1 amide bonds. The SMILES string of the molecule is CN(C)S(=O)(=O)c1cc(C(=O)N2CCCCC2C2OCCO2)ccc1Cl. The van der Waals surface area contributed by atoms with E-state index < -0.39 is 16.3 Å². The van der Waals surface area contributed by atoms with Gasteiger partial charge in [-0.05, 0) is 37.5 Å². The molecule has 2 heterocycles. The molecule has 0 aliphatic carbocycles. The van der Waals surface area contributed by atoms with Crippen molar-refractivity contribution in [3.63, 3.8) is 0 Å². The molecule has 144 valence electrons. The van der Waals surface area contributed by atoms with Gasteiger partial charge in [-0.2, -0.15) is 0 Å². The molecule has 0 radical (unpaired) electrons. The van der Waals surface area contributed by atoms with Gasteiger partial charge in [0.25, 0.3) is 5.91 Å². The minimum Gasteiger partial charge on any atom is -0.348 e. The van der Waals surface area contributed by atoms with Crippen molar-refractivity contribution >= 4 is 27.5 Å². The Kier molecular flexibility index (Phi) is 5.88. The number of carbonyl (C=O) groups excluding carboxylic acids is 1. The maximum absolute atomic E-state index is 13.1. The number of nitrogens with zero attached hydrogens (tertiary/aromatic N) is 2. The predicted molar refractivity (Wildman–Crippen MR) is 96.7 cm³/mol. The molecule has 7 nitrogen and oxygen atoms in total. The van der Waals surface area contributed by atoms with E-state index in [0.717, 1.165) is 23.6 Å². The Morgan fingerprint density at radius 3 is 2.58 bits per heavy atom. The lowest BCUT2D eigenvalue weighted by Crippen LogP contribution is -2.50. The predicted octanol–water partition coefficient (Wildman–Crippen LogP) is 1.96. The van der Waals surface area contributed by atoms with Crippen LogP contribution in [0.3, 0.4) is 0 Å². The molecule has 2 aliphatic heterocycles. The highest BCUT2D eigenvalue weighted by Crippen LogP contribution is 2.29. The maximum Gasteiger partial charge on any atom is 0.254 e. The minimum atomic E-state index is -3.74. The van der Waals surface area contributed by atoms with Crippen LogP contribution in [0.1, 0.15) is 29.6 Å². The van der Waals surface area contributed by atoms with Crippen LogP contribution < -0.4 is 0 Å². The molecule has 0 spiro atoms. The lowest BCUT2D eigenvalue weighted by atomic mass is 10.00. The number of halogens is 1. The summed E-state index contributed by atoms with van der Waals surface area (Å²) in [5, 5.41) is 0.0907. The number of rotatable bonds is 4. The molecule has 1 aromatic rings. The van der Waals surface area contributed by atoms with Crippen LogP contribution in [0.15, 0.2) is 23.1 Å². The Morgan fingerprint density at radius 2 is 1.92 bits per heavy atom. The molecule has 1 unspecified atom stereocenters. The zero-order valence-corrected chi connectivity index (χ0v) is 16.4. The van der Waals surface area contributed by atoms with Crippen LogP contribution in [0.25, 0.3) is 0 Å². The normalized spacial score (nSPS) is 22.2. The first kappa shape index (κ1) is 19.6. The molecule has 9 heteroatoms. The summed E-state index contributed by atoms with van der Waals surface area (Å²) in [5.74, 6) is -0.235. The molecular formula is C17H23ClN2O5S. The summed E-state index contributed by atoms with van der Waals surface area (Å²) >= 11 is 6.08. The standard InChI is InChI=1S/C17H23ClN2O5S/c1-19(2)26(22,23)15-11-12(6-7-13(15)18)16(21)20-8-4-3-5-14(20)17-24-9-10-25-17/h6-7,11,14,17H,3-5,8-10H2,1-2H3. The van der Waals surface area contributed by atoms with Gasteiger partial charge in [0, 0.05) is 26.2 Å². The summed E-state index contributed by atoms with van der Waals surface area (Å²) < 4.78 is 37.2. The van der Waals surface area contributed by atoms with E-state index in [2.05, 4.69) is 0 Å². The maximum atomic E-state index is 13.1. The molecule has 1 aromatic carbocycles. The minimum absolute atomic E-state index is 0.0723. The Morgan fingerprint density at radius 1 is 1.23 bits per heavy atom. The summed E-state index contributed by atoms with van der Waals surface area (Å²) in [7, 11) is -0.890. The summed E-state index contributed by atoms with van der Waals surface area (Å²) in [6.07, 6.45) is 2.27. The number of piperidine rings is 1. The van der Waals surface area contributed by atoms with Crippen LogP contribution in [0.5, 0.6) is 0 Å². The van der Waals surface area contributed by atoms with Crippen LogP contribution in [0, 0.1) is 0 Å². The number of benzene rings is 1. The van der Waals surface area contributed by atoms with Gasteiger partial charge in [0.15, 0.2) is 6.29 Å². The molecule has 2 aliphatic rings. The molecule has 2 saturated heterocycles. The van der Waals surface area contributed by atoms with Crippen molar-refractivity contribution in [1.82, 2.24) is 9.21 Å². The fourth-order valence-corrected chi connectivity index (χ4v) is 4.68.